The van der Waals surface area contributed by atoms with Gasteiger partial charge in [0.2, 0.25) is 0 Å². The zero-order valence-corrected chi connectivity index (χ0v) is 11.0. The van der Waals surface area contributed by atoms with Crippen LogP contribution >= 0.6 is 0 Å². The molecule has 0 saturated carbocycles. The maximum Gasteiger partial charge on any atom is 0.351 e. The lowest BCUT2D eigenvalue weighted by molar-refractivity contribution is -0.0491. The molecule has 0 radical (unpaired) electrons. The van der Waals surface area contributed by atoms with Gasteiger partial charge in [-0.25, -0.2) is 14.0 Å². The normalized spacial score (nSPS) is 28.6. The van der Waals surface area contributed by atoms with Gasteiger partial charge in [-0.15, -0.1) is 0 Å². The minimum Gasteiger partial charge on any atom is -0.465 e. The number of aliphatic hydroxyl groups excluding tert-OH is 2. The third-order valence-electron chi connectivity index (χ3n) is 3.13. The Bertz CT molecular complexity index is 606. The van der Waals surface area contributed by atoms with Crippen molar-refractivity contribution in [1.29, 1.82) is 0 Å². The number of halogens is 1. The lowest BCUT2D eigenvalue weighted by Crippen LogP contribution is -2.34. The van der Waals surface area contributed by atoms with E-state index in [4.69, 9.17) is 15.6 Å². The van der Waals surface area contributed by atoms with Gasteiger partial charge in [0.25, 0.3) is 0 Å². The van der Waals surface area contributed by atoms with Crippen molar-refractivity contribution >= 4 is 11.8 Å². The number of rotatable bonds is 3. The van der Waals surface area contributed by atoms with E-state index in [9.17, 15) is 19.1 Å². The van der Waals surface area contributed by atoms with Crippen molar-refractivity contribution in [1.82, 2.24) is 9.55 Å². The number of hydrogen-bond acceptors (Lipinski definition) is 8. The van der Waals surface area contributed by atoms with Gasteiger partial charge in [-0.05, 0) is 0 Å². The number of methoxy groups -OCH3 is 1. The van der Waals surface area contributed by atoms with Crippen LogP contribution < -0.4 is 11.4 Å². The van der Waals surface area contributed by atoms with Gasteiger partial charge in [-0.3, -0.25) is 4.57 Å². The minimum atomic E-state index is -1.98. The largest absolute Gasteiger partial charge is 0.465 e. The van der Waals surface area contributed by atoms with Crippen LogP contribution in [0.4, 0.5) is 10.2 Å². The summed E-state index contributed by atoms with van der Waals surface area (Å²) in [6, 6.07) is 0. The molecule has 21 heavy (non-hydrogen) atoms. The number of aliphatic hydroxyl groups is 2. The molecular weight excluding hydrogens is 289 g/mol. The van der Waals surface area contributed by atoms with Crippen LogP contribution in [-0.2, 0) is 9.47 Å². The number of nitrogens with zero attached hydrogens (tertiary/aromatic N) is 2. The lowest BCUT2D eigenvalue weighted by atomic mass is 10.1. The van der Waals surface area contributed by atoms with E-state index in [0.29, 0.717) is 4.57 Å². The van der Waals surface area contributed by atoms with Crippen LogP contribution in [0.3, 0.4) is 0 Å². The maximum atomic E-state index is 14.0. The molecule has 1 fully saturated rings. The smallest absolute Gasteiger partial charge is 0.351 e. The van der Waals surface area contributed by atoms with Crippen LogP contribution in [0, 0.1) is 0 Å². The molecule has 1 aromatic heterocycles. The fraction of sp³-hybridized carbons (Fsp3) is 0.545. The minimum absolute atomic E-state index is 0.241. The molecule has 0 amide bonds. The van der Waals surface area contributed by atoms with Crippen molar-refractivity contribution in [3.05, 3.63) is 22.2 Å². The summed E-state index contributed by atoms with van der Waals surface area (Å²) in [5.74, 6) is -1.22. The van der Waals surface area contributed by atoms with Gasteiger partial charge in [0, 0.05) is 6.20 Å². The number of ether oxygens (including phenoxy) is 2. The maximum absolute atomic E-state index is 14.0. The van der Waals surface area contributed by atoms with Crippen molar-refractivity contribution in [2.24, 2.45) is 0 Å². The average Bonchev–Trinajstić information content (AvgIpc) is 2.74. The van der Waals surface area contributed by atoms with Gasteiger partial charge >= 0.3 is 11.7 Å². The van der Waals surface area contributed by atoms with Crippen LogP contribution in [0.15, 0.2) is 11.0 Å². The number of aromatic nitrogens is 2. The van der Waals surface area contributed by atoms with Crippen LogP contribution in [0.1, 0.15) is 16.6 Å². The molecule has 2 heterocycles. The molecule has 9 nitrogen and oxygen atoms in total. The summed E-state index contributed by atoms with van der Waals surface area (Å²) in [7, 11) is 1.10. The number of nitrogen functional groups attached to an aromatic ring is 1. The van der Waals surface area contributed by atoms with E-state index >= 15 is 0 Å². The Hall–Kier alpha value is -2.04. The molecule has 0 unspecified atom stereocenters. The predicted molar refractivity (Wildman–Crippen MR) is 66.1 cm³/mol. The van der Waals surface area contributed by atoms with Gasteiger partial charge in [0.1, 0.15) is 23.6 Å². The number of hydrogen-bond donors (Lipinski definition) is 3. The molecule has 1 saturated heterocycles. The third kappa shape index (κ3) is 2.60. The molecule has 1 aliphatic heterocycles. The second-order valence-corrected chi connectivity index (χ2v) is 4.40. The molecule has 10 heteroatoms. The molecule has 1 aromatic rings. The van der Waals surface area contributed by atoms with E-state index in [1.165, 1.54) is 0 Å². The highest BCUT2D eigenvalue weighted by molar-refractivity contribution is 5.93. The standard InChI is InChI=1S/C11H14FN3O6/c1-20-10(18)4-2-15(11(19)14-8(4)13)9-6(12)7(17)5(3-16)21-9/h2,5-7,9,16-17H,3H2,1H3,(H2,13,14,19)/t5-,6+,7-,9+/m1/s1. The quantitative estimate of drug-likeness (QED) is 0.556. The summed E-state index contributed by atoms with van der Waals surface area (Å²) in [4.78, 5) is 26.7. The molecule has 4 N–H and O–H groups in total. The molecule has 0 aromatic carbocycles. The number of anilines is 1. The van der Waals surface area contributed by atoms with E-state index in [1.807, 2.05) is 0 Å². The van der Waals surface area contributed by atoms with E-state index in [2.05, 4.69) is 9.72 Å². The SMILES string of the molecule is COC(=O)c1cn([C@H]2O[C@H](CO)[C@@H](O)[C@@H]2F)c(=O)nc1N. The second-order valence-electron chi connectivity index (χ2n) is 4.40. The van der Waals surface area contributed by atoms with Crippen molar-refractivity contribution in [3.8, 4) is 0 Å². The zero-order chi connectivity index (χ0) is 15.7. The van der Waals surface area contributed by atoms with Gasteiger partial charge in [-0.2, -0.15) is 4.98 Å². The number of carbonyl (C=O) groups is 1. The molecule has 4 atom stereocenters. The van der Waals surface area contributed by atoms with Crippen molar-refractivity contribution in [3.63, 3.8) is 0 Å². The van der Waals surface area contributed by atoms with Crippen LogP contribution in [-0.4, -0.2) is 57.8 Å². The van der Waals surface area contributed by atoms with Crippen molar-refractivity contribution in [2.45, 2.75) is 24.6 Å². The van der Waals surface area contributed by atoms with Gasteiger partial charge in [0.15, 0.2) is 12.4 Å². The number of alkyl halides is 1. The molecular formula is C11H14FN3O6. The Balaban J connectivity index is 2.45. The zero-order valence-electron chi connectivity index (χ0n) is 11.0. The molecule has 0 aliphatic carbocycles. The summed E-state index contributed by atoms with van der Waals surface area (Å²) in [5, 5.41) is 18.5. The summed E-state index contributed by atoms with van der Waals surface area (Å²) in [5.41, 5.74) is 4.23. The summed E-state index contributed by atoms with van der Waals surface area (Å²) >= 11 is 0. The monoisotopic (exact) mass is 303 g/mol. The van der Waals surface area contributed by atoms with E-state index in [-0.39, 0.29) is 11.4 Å². The fourth-order valence-corrected chi connectivity index (χ4v) is 2.01. The first-order valence-electron chi connectivity index (χ1n) is 5.96. The van der Waals surface area contributed by atoms with Crippen LogP contribution in [0.5, 0.6) is 0 Å². The first kappa shape index (κ1) is 15.4. The highest BCUT2D eigenvalue weighted by Gasteiger charge is 2.45. The summed E-state index contributed by atoms with van der Waals surface area (Å²) in [6.07, 6.45) is -5.35. The molecule has 1 aliphatic rings. The molecule has 116 valence electrons. The van der Waals surface area contributed by atoms with E-state index in [1.54, 1.807) is 0 Å². The van der Waals surface area contributed by atoms with Crippen LogP contribution in [0.2, 0.25) is 0 Å². The average molecular weight is 303 g/mol. The van der Waals surface area contributed by atoms with Crippen LogP contribution in [0.25, 0.3) is 0 Å². The first-order valence-corrected chi connectivity index (χ1v) is 5.96. The Labute approximate surface area is 117 Å². The Morgan fingerprint density at radius 3 is 2.86 bits per heavy atom. The van der Waals surface area contributed by atoms with Gasteiger partial charge in [0.05, 0.1) is 13.7 Å². The molecule has 2 rings (SSSR count). The van der Waals surface area contributed by atoms with Crippen molar-refractivity contribution < 1.29 is 28.9 Å². The lowest BCUT2D eigenvalue weighted by Gasteiger charge is -2.16. The van der Waals surface area contributed by atoms with Crippen molar-refractivity contribution in [2.75, 3.05) is 19.5 Å². The number of carbonyl (C=O) groups excluding carboxylic acids is 1. The number of nitrogens with two attached hydrogens (primary N) is 1. The van der Waals surface area contributed by atoms with Gasteiger partial charge < -0.3 is 25.4 Å². The highest BCUT2D eigenvalue weighted by atomic mass is 19.1. The number of esters is 1. The summed E-state index contributed by atoms with van der Waals surface area (Å²) < 4.78 is 24.2. The van der Waals surface area contributed by atoms with E-state index < -0.39 is 42.9 Å². The van der Waals surface area contributed by atoms with Gasteiger partial charge in [-0.1, -0.05) is 0 Å². The third-order valence-corrected chi connectivity index (χ3v) is 3.13. The fourth-order valence-electron chi connectivity index (χ4n) is 2.01. The Morgan fingerprint density at radius 2 is 2.33 bits per heavy atom. The Morgan fingerprint density at radius 1 is 1.67 bits per heavy atom. The highest BCUT2D eigenvalue weighted by Crippen LogP contribution is 2.31. The molecule has 0 bridgehead atoms. The summed E-state index contributed by atoms with van der Waals surface area (Å²) in [6.45, 7) is -0.626. The van der Waals surface area contributed by atoms with E-state index in [0.717, 1.165) is 13.3 Å². The first-order chi connectivity index (χ1) is 9.90. The predicted octanol–water partition coefficient (Wildman–Crippen LogP) is -1.80. The Kier molecular flexibility index (Phi) is 4.21. The second kappa shape index (κ2) is 5.76. The molecule has 0 spiro atoms. The topological polar surface area (TPSA) is 137 Å².